The molecule has 0 saturated heterocycles. The van der Waals surface area contributed by atoms with Crippen LogP contribution in [0.15, 0.2) is 34.9 Å². The first-order valence-corrected chi connectivity index (χ1v) is 9.12. The van der Waals surface area contributed by atoms with Gasteiger partial charge in [-0.25, -0.2) is 18.1 Å². The Morgan fingerprint density at radius 2 is 1.95 bits per heavy atom. The van der Waals surface area contributed by atoms with Crippen molar-refractivity contribution >= 4 is 42.5 Å². The number of fused-ring (bicyclic) bond motifs is 1. The van der Waals surface area contributed by atoms with Crippen LogP contribution in [-0.4, -0.2) is 31.7 Å². The average Bonchev–Trinajstić information content (AvgIpc) is 2.34. The smallest absolute Gasteiger partial charge is 0.209 e. The number of hydrogen-bond donors (Lipinski definition) is 2. The number of rotatable bonds is 5. The Morgan fingerprint density at radius 1 is 1.24 bits per heavy atom. The third-order valence-corrected chi connectivity index (χ3v) is 4.53. The number of nitrogens with one attached hydrogen (secondary N) is 2. The quantitative estimate of drug-likeness (QED) is 0.847. The summed E-state index contributed by atoms with van der Waals surface area (Å²) in [5.41, 5.74) is -0.608. The minimum atomic E-state index is -3.25. The fourth-order valence-electron chi connectivity index (χ4n) is 2.15. The summed E-state index contributed by atoms with van der Waals surface area (Å²) in [7, 11) is -3.25. The lowest BCUT2D eigenvalue weighted by molar-refractivity contribution is 0.476. The lowest BCUT2D eigenvalue weighted by Crippen LogP contribution is -2.47. The van der Waals surface area contributed by atoms with Crippen molar-refractivity contribution in [2.75, 3.05) is 18.1 Å². The van der Waals surface area contributed by atoms with Gasteiger partial charge in [-0.1, -0.05) is 28.1 Å². The molecule has 0 aliphatic carbocycles. The van der Waals surface area contributed by atoms with Crippen molar-refractivity contribution in [1.82, 2.24) is 9.71 Å². The van der Waals surface area contributed by atoms with Crippen molar-refractivity contribution in [3.8, 4) is 0 Å². The molecule has 1 heterocycles. The number of benzene rings is 1. The summed E-state index contributed by atoms with van der Waals surface area (Å²) in [5, 5.41) is 5.27. The molecule has 7 heteroatoms. The van der Waals surface area contributed by atoms with Gasteiger partial charge in [0, 0.05) is 33.5 Å². The largest absolute Gasteiger partial charge is 0.368 e. The highest BCUT2D eigenvalue weighted by atomic mass is 79.9. The number of anilines is 1. The molecule has 2 aromatic rings. The SMILES string of the molecule is CC(C)(CNc1nccc2c(Br)cccc12)NS(C)(=O)=O. The minimum absolute atomic E-state index is 0.429. The van der Waals surface area contributed by atoms with Gasteiger partial charge in [-0.2, -0.15) is 0 Å². The van der Waals surface area contributed by atoms with E-state index in [2.05, 4.69) is 31.0 Å². The van der Waals surface area contributed by atoms with E-state index in [1.165, 1.54) is 0 Å². The van der Waals surface area contributed by atoms with Gasteiger partial charge in [0.05, 0.1) is 6.26 Å². The summed E-state index contributed by atoms with van der Waals surface area (Å²) in [5.74, 6) is 0.733. The van der Waals surface area contributed by atoms with Crippen molar-refractivity contribution in [1.29, 1.82) is 0 Å². The van der Waals surface area contributed by atoms with Gasteiger partial charge in [-0.15, -0.1) is 0 Å². The Balaban J connectivity index is 2.23. The lowest BCUT2D eigenvalue weighted by Gasteiger charge is -2.25. The standard InChI is InChI=1S/C14H18BrN3O2S/c1-14(2,18-21(3,19)20)9-17-13-11-5-4-6-12(15)10(11)7-8-16-13/h4-8,18H,9H2,1-3H3,(H,16,17). The molecule has 0 spiro atoms. The van der Waals surface area contributed by atoms with E-state index in [0.717, 1.165) is 27.3 Å². The van der Waals surface area contributed by atoms with Crippen molar-refractivity contribution in [3.05, 3.63) is 34.9 Å². The first-order valence-electron chi connectivity index (χ1n) is 6.44. The van der Waals surface area contributed by atoms with E-state index in [4.69, 9.17) is 0 Å². The summed E-state index contributed by atoms with van der Waals surface area (Å²) in [6.45, 7) is 4.07. The van der Waals surface area contributed by atoms with Crippen LogP contribution in [-0.2, 0) is 10.0 Å². The van der Waals surface area contributed by atoms with Crippen LogP contribution in [0.3, 0.4) is 0 Å². The van der Waals surface area contributed by atoms with Crippen molar-refractivity contribution in [3.63, 3.8) is 0 Å². The van der Waals surface area contributed by atoms with Crippen LogP contribution < -0.4 is 10.0 Å². The number of sulfonamides is 1. The number of aromatic nitrogens is 1. The molecule has 0 bridgehead atoms. The van der Waals surface area contributed by atoms with Gasteiger partial charge >= 0.3 is 0 Å². The molecular formula is C14H18BrN3O2S. The van der Waals surface area contributed by atoms with Crippen molar-refractivity contribution < 1.29 is 8.42 Å². The summed E-state index contributed by atoms with van der Waals surface area (Å²) < 4.78 is 26.3. The summed E-state index contributed by atoms with van der Waals surface area (Å²) >= 11 is 3.51. The summed E-state index contributed by atoms with van der Waals surface area (Å²) in [4.78, 5) is 4.34. The molecule has 0 saturated carbocycles. The van der Waals surface area contributed by atoms with E-state index >= 15 is 0 Å². The third-order valence-electron chi connectivity index (χ3n) is 2.91. The molecule has 1 aromatic carbocycles. The van der Waals surface area contributed by atoms with E-state index in [1.54, 1.807) is 6.20 Å². The monoisotopic (exact) mass is 371 g/mol. The summed E-state index contributed by atoms with van der Waals surface area (Å²) in [6, 6.07) is 7.83. The molecular weight excluding hydrogens is 354 g/mol. The first kappa shape index (κ1) is 16.2. The van der Waals surface area contributed by atoms with E-state index in [0.29, 0.717) is 6.54 Å². The number of nitrogens with zero attached hydrogens (tertiary/aromatic N) is 1. The Bertz CT molecular complexity index is 760. The zero-order valence-electron chi connectivity index (χ0n) is 12.1. The highest BCUT2D eigenvalue weighted by Crippen LogP contribution is 2.27. The average molecular weight is 372 g/mol. The van der Waals surface area contributed by atoms with E-state index in [1.807, 2.05) is 38.1 Å². The minimum Gasteiger partial charge on any atom is -0.368 e. The van der Waals surface area contributed by atoms with E-state index in [9.17, 15) is 8.42 Å². The maximum absolute atomic E-state index is 11.4. The van der Waals surface area contributed by atoms with Crippen LogP contribution in [0.25, 0.3) is 10.8 Å². The highest BCUT2D eigenvalue weighted by Gasteiger charge is 2.22. The third kappa shape index (κ3) is 4.39. The molecule has 1 aromatic heterocycles. The molecule has 0 fully saturated rings. The van der Waals surface area contributed by atoms with Crippen LogP contribution >= 0.6 is 15.9 Å². The molecule has 0 amide bonds. The second-order valence-corrected chi connectivity index (χ2v) is 8.21. The fourth-order valence-corrected chi connectivity index (χ4v) is 3.73. The summed E-state index contributed by atoms with van der Waals surface area (Å²) in [6.07, 6.45) is 2.88. The van der Waals surface area contributed by atoms with Gasteiger partial charge in [0.2, 0.25) is 10.0 Å². The molecule has 0 radical (unpaired) electrons. The Hall–Kier alpha value is -1.18. The number of hydrogen-bond acceptors (Lipinski definition) is 4. The second-order valence-electron chi connectivity index (χ2n) is 5.61. The molecule has 114 valence electrons. The van der Waals surface area contributed by atoms with Crippen LogP contribution in [0.2, 0.25) is 0 Å². The topological polar surface area (TPSA) is 71.1 Å². The van der Waals surface area contributed by atoms with E-state index < -0.39 is 15.6 Å². The highest BCUT2D eigenvalue weighted by molar-refractivity contribution is 9.10. The maximum Gasteiger partial charge on any atom is 0.209 e. The van der Waals surface area contributed by atoms with Crippen LogP contribution in [0, 0.1) is 0 Å². The maximum atomic E-state index is 11.4. The lowest BCUT2D eigenvalue weighted by atomic mass is 10.1. The zero-order chi connectivity index (χ0) is 15.7. The predicted molar refractivity (Wildman–Crippen MR) is 90.0 cm³/mol. The van der Waals surface area contributed by atoms with Crippen molar-refractivity contribution in [2.45, 2.75) is 19.4 Å². The fraction of sp³-hybridized carbons (Fsp3) is 0.357. The van der Waals surface area contributed by atoms with Crippen LogP contribution in [0.4, 0.5) is 5.82 Å². The van der Waals surface area contributed by atoms with Crippen LogP contribution in [0.1, 0.15) is 13.8 Å². The van der Waals surface area contributed by atoms with Crippen LogP contribution in [0.5, 0.6) is 0 Å². The zero-order valence-corrected chi connectivity index (χ0v) is 14.5. The van der Waals surface area contributed by atoms with Gasteiger partial charge in [0.25, 0.3) is 0 Å². The normalized spacial score (nSPS) is 12.6. The van der Waals surface area contributed by atoms with Gasteiger partial charge in [0.1, 0.15) is 5.82 Å². The Morgan fingerprint density at radius 3 is 2.62 bits per heavy atom. The van der Waals surface area contributed by atoms with Gasteiger partial charge in [-0.05, 0) is 26.0 Å². The molecule has 0 atom stereocenters. The molecule has 2 N–H and O–H groups in total. The second kappa shape index (κ2) is 5.90. The van der Waals surface area contributed by atoms with Gasteiger partial charge in [-0.3, -0.25) is 0 Å². The number of pyridine rings is 1. The Kier molecular flexibility index (Phi) is 4.55. The molecule has 0 aliphatic rings. The van der Waals surface area contributed by atoms with E-state index in [-0.39, 0.29) is 0 Å². The van der Waals surface area contributed by atoms with Crippen molar-refractivity contribution in [2.24, 2.45) is 0 Å². The molecule has 2 rings (SSSR count). The Labute approximate surface area is 133 Å². The van der Waals surface area contributed by atoms with Gasteiger partial charge < -0.3 is 5.32 Å². The molecule has 0 unspecified atom stereocenters. The first-order chi connectivity index (χ1) is 9.68. The molecule has 5 nitrogen and oxygen atoms in total. The predicted octanol–water partition coefficient (Wildman–Crippen LogP) is 2.74. The number of halogens is 1. The molecule has 0 aliphatic heterocycles. The van der Waals surface area contributed by atoms with Gasteiger partial charge in [0.15, 0.2) is 0 Å². The molecule has 21 heavy (non-hydrogen) atoms.